The summed E-state index contributed by atoms with van der Waals surface area (Å²) in [6.45, 7) is 8.89. The molecule has 0 aromatic carbocycles. The van der Waals surface area contributed by atoms with E-state index in [9.17, 15) is 0 Å². The number of aliphatic hydroxyl groups is 1. The standard InChI is InChI=1S/C10H16N4O.C2H6/c15-8-7-13-3-5-14(6-4-13)10-9-11-1-2-12-10;1-2/h1-2,9,15H,3-8H2;1-2H3. The molecule has 5 nitrogen and oxygen atoms in total. The first-order valence-electron chi connectivity index (χ1n) is 6.24. The molecule has 0 aliphatic carbocycles. The van der Waals surface area contributed by atoms with E-state index >= 15 is 0 Å². The van der Waals surface area contributed by atoms with Crippen molar-refractivity contribution in [2.45, 2.75) is 13.8 Å². The molecule has 1 fully saturated rings. The van der Waals surface area contributed by atoms with Crippen LogP contribution in [0.25, 0.3) is 0 Å². The number of piperazine rings is 1. The number of anilines is 1. The fourth-order valence-corrected chi connectivity index (χ4v) is 1.80. The van der Waals surface area contributed by atoms with Gasteiger partial charge in [-0.3, -0.25) is 9.88 Å². The summed E-state index contributed by atoms with van der Waals surface area (Å²) in [5, 5.41) is 8.82. The molecule has 1 N–H and O–H groups in total. The molecule has 96 valence electrons. The molecule has 1 aromatic heterocycles. The van der Waals surface area contributed by atoms with Gasteiger partial charge in [0.1, 0.15) is 5.82 Å². The molecule has 17 heavy (non-hydrogen) atoms. The highest BCUT2D eigenvalue weighted by Crippen LogP contribution is 2.10. The molecule has 0 unspecified atom stereocenters. The highest BCUT2D eigenvalue weighted by molar-refractivity contribution is 5.35. The molecule has 1 aromatic rings. The lowest BCUT2D eigenvalue weighted by Crippen LogP contribution is -2.47. The van der Waals surface area contributed by atoms with E-state index in [0.717, 1.165) is 38.5 Å². The second kappa shape index (κ2) is 7.97. The molecule has 0 radical (unpaired) electrons. The zero-order valence-electron chi connectivity index (χ0n) is 10.7. The predicted molar refractivity (Wildman–Crippen MR) is 69.1 cm³/mol. The average Bonchev–Trinajstić information content (AvgIpc) is 2.43. The van der Waals surface area contributed by atoms with Crippen molar-refractivity contribution in [3.63, 3.8) is 0 Å². The molecular weight excluding hydrogens is 216 g/mol. The maximum absolute atomic E-state index is 8.82. The lowest BCUT2D eigenvalue weighted by atomic mass is 10.3. The molecule has 0 atom stereocenters. The summed E-state index contributed by atoms with van der Waals surface area (Å²) in [5.74, 6) is 0.946. The Morgan fingerprint density at radius 3 is 2.41 bits per heavy atom. The molecule has 0 saturated carbocycles. The van der Waals surface area contributed by atoms with Gasteiger partial charge < -0.3 is 10.0 Å². The van der Waals surface area contributed by atoms with Gasteiger partial charge in [0.25, 0.3) is 0 Å². The fraction of sp³-hybridized carbons (Fsp3) is 0.667. The third kappa shape index (κ3) is 4.28. The summed E-state index contributed by atoms with van der Waals surface area (Å²) in [7, 11) is 0. The lowest BCUT2D eigenvalue weighted by Gasteiger charge is -2.34. The minimum absolute atomic E-state index is 0.241. The minimum atomic E-state index is 0.241. The van der Waals surface area contributed by atoms with Crippen LogP contribution >= 0.6 is 0 Å². The van der Waals surface area contributed by atoms with Gasteiger partial charge in [-0.1, -0.05) is 13.8 Å². The maximum Gasteiger partial charge on any atom is 0.147 e. The number of hydrogen-bond acceptors (Lipinski definition) is 5. The zero-order chi connectivity index (χ0) is 12.5. The fourth-order valence-electron chi connectivity index (χ4n) is 1.80. The molecule has 0 amide bonds. The van der Waals surface area contributed by atoms with Crippen LogP contribution in [0.4, 0.5) is 5.82 Å². The number of hydrogen-bond donors (Lipinski definition) is 1. The highest BCUT2D eigenvalue weighted by atomic mass is 16.3. The number of rotatable bonds is 3. The summed E-state index contributed by atoms with van der Waals surface area (Å²) in [5.41, 5.74) is 0. The van der Waals surface area contributed by atoms with Crippen LogP contribution in [0.15, 0.2) is 18.6 Å². The Morgan fingerprint density at radius 2 is 1.88 bits per heavy atom. The Labute approximate surface area is 103 Å². The van der Waals surface area contributed by atoms with Crippen molar-refractivity contribution in [2.24, 2.45) is 0 Å². The van der Waals surface area contributed by atoms with E-state index in [1.165, 1.54) is 0 Å². The van der Waals surface area contributed by atoms with Crippen LogP contribution in [0.1, 0.15) is 13.8 Å². The molecule has 0 bridgehead atoms. The second-order valence-corrected chi connectivity index (χ2v) is 3.62. The van der Waals surface area contributed by atoms with Gasteiger partial charge in [-0.25, -0.2) is 4.98 Å². The summed E-state index contributed by atoms with van der Waals surface area (Å²) in [6, 6.07) is 0. The van der Waals surface area contributed by atoms with Gasteiger partial charge in [0, 0.05) is 45.1 Å². The lowest BCUT2D eigenvalue weighted by molar-refractivity contribution is 0.188. The van der Waals surface area contributed by atoms with E-state index in [1.807, 2.05) is 13.8 Å². The summed E-state index contributed by atoms with van der Waals surface area (Å²) in [4.78, 5) is 12.8. The molecule has 1 saturated heterocycles. The topological polar surface area (TPSA) is 52.5 Å². The smallest absolute Gasteiger partial charge is 0.147 e. The van der Waals surface area contributed by atoms with E-state index in [1.54, 1.807) is 18.6 Å². The normalized spacial score (nSPS) is 16.3. The van der Waals surface area contributed by atoms with E-state index in [-0.39, 0.29) is 6.61 Å². The summed E-state index contributed by atoms with van der Waals surface area (Å²) < 4.78 is 0. The molecule has 0 spiro atoms. The highest BCUT2D eigenvalue weighted by Gasteiger charge is 2.16. The first kappa shape index (κ1) is 13.9. The first-order valence-corrected chi connectivity index (χ1v) is 6.24. The van der Waals surface area contributed by atoms with Crippen molar-refractivity contribution in [1.82, 2.24) is 14.9 Å². The molecular formula is C12H22N4O. The summed E-state index contributed by atoms with van der Waals surface area (Å²) in [6.07, 6.45) is 5.20. The van der Waals surface area contributed by atoms with Crippen molar-refractivity contribution in [1.29, 1.82) is 0 Å². The van der Waals surface area contributed by atoms with Gasteiger partial charge in [-0.15, -0.1) is 0 Å². The Morgan fingerprint density at radius 1 is 1.18 bits per heavy atom. The van der Waals surface area contributed by atoms with Crippen LogP contribution in [0, 0.1) is 0 Å². The number of β-amino-alcohol motifs (C(OH)–C–C–N with tert-alkyl or cyclic N) is 1. The quantitative estimate of drug-likeness (QED) is 0.836. The number of aliphatic hydroxyl groups excluding tert-OH is 1. The van der Waals surface area contributed by atoms with Crippen LogP contribution in [-0.2, 0) is 0 Å². The van der Waals surface area contributed by atoms with E-state index in [2.05, 4.69) is 19.8 Å². The largest absolute Gasteiger partial charge is 0.395 e. The Balaban J connectivity index is 0.000000686. The van der Waals surface area contributed by atoms with Gasteiger partial charge >= 0.3 is 0 Å². The van der Waals surface area contributed by atoms with Crippen LogP contribution in [0.5, 0.6) is 0 Å². The van der Waals surface area contributed by atoms with Crippen molar-refractivity contribution < 1.29 is 5.11 Å². The summed E-state index contributed by atoms with van der Waals surface area (Å²) >= 11 is 0. The van der Waals surface area contributed by atoms with Crippen molar-refractivity contribution in [2.75, 3.05) is 44.2 Å². The monoisotopic (exact) mass is 238 g/mol. The van der Waals surface area contributed by atoms with Crippen molar-refractivity contribution in [3.05, 3.63) is 18.6 Å². The van der Waals surface area contributed by atoms with E-state index < -0.39 is 0 Å². The number of aromatic nitrogens is 2. The number of nitrogens with zero attached hydrogens (tertiary/aromatic N) is 4. The molecule has 1 aliphatic heterocycles. The van der Waals surface area contributed by atoms with Gasteiger partial charge in [0.2, 0.25) is 0 Å². The third-order valence-corrected chi connectivity index (χ3v) is 2.66. The Hall–Kier alpha value is -1.20. The van der Waals surface area contributed by atoms with Gasteiger partial charge in [0.15, 0.2) is 0 Å². The molecule has 2 heterocycles. The SMILES string of the molecule is CC.OCCN1CCN(c2cnccn2)CC1. The average molecular weight is 238 g/mol. The van der Waals surface area contributed by atoms with Gasteiger partial charge in [-0.2, -0.15) is 0 Å². The molecule has 5 heteroatoms. The van der Waals surface area contributed by atoms with E-state index in [0.29, 0.717) is 0 Å². The van der Waals surface area contributed by atoms with Crippen LogP contribution < -0.4 is 4.90 Å². The minimum Gasteiger partial charge on any atom is -0.395 e. The predicted octanol–water partition coefficient (Wildman–Crippen LogP) is 0.617. The Bertz CT molecular complexity index is 286. The zero-order valence-corrected chi connectivity index (χ0v) is 10.7. The van der Waals surface area contributed by atoms with E-state index in [4.69, 9.17) is 5.11 Å². The third-order valence-electron chi connectivity index (χ3n) is 2.66. The van der Waals surface area contributed by atoms with Gasteiger partial charge in [0.05, 0.1) is 12.8 Å². The van der Waals surface area contributed by atoms with Crippen molar-refractivity contribution in [3.8, 4) is 0 Å². The van der Waals surface area contributed by atoms with Gasteiger partial charge in [-0.05, 0) is 0 Å². The van der Waals surface area contributed by atoms with Crippen LogP contribution in [0.2, 0.25) is 0 Å². The Kier molecular flexibility index (Phi) is 6.50. The van der Waals surface area contributed by atoms with Crippen molar-refractivity contribution >= 4 is 5.82 Å². The second-order valence-electron chi connectivity index (χ2n) is 3.62. The van der Waals surface area contributed by atoms with Crippen LogP contribution in [0.3, 0.4) is 0 Å². The molecule has 1 aliphatic rings. The first-order chi connectivity index (χ1) is 8.40. The maximum atomic E-state index is 8.82. The molecule has 2 rings (SSSR count). The van der Waals surface area contributed by atoms with Crippen LogP contribution in [-0.4, -0.2) is 59.3 Å².